The van der Waals surface area contributed by atoms with E-state index in [1.54, 1.807) is 0 Å². The highest BCUT2D eigenvalue weighted by atomic mass is 19.4. The lowest BCUT2D eigenvalue weighted by Gasteiger charge is -2.22. The predicted octanol–water partition coefficient (Wildman–Crippen LogP) is 5.85. The number of hydrogen-bond acceptors (Lipinski definition) is 2. The summed E-state index contributed by atoms with van der Waals surface area (Å²) in [6.07, 6.45) is -1.83. The van der Waals surface area contributed by atoms with Gasteiger partial charge in [-0.2, -0.15) is 13.2 Å². The molecule has 1 aliphatic carbocycles. The van der Waals surface area contributed by atoms with E-state index in [1.165, 1.54) is 28.5 Å². The molecule has 1 N–H and O–H groups in total. The molecule has 0 atom stereocenters. The van der Waals surface area contributed by atoms with Crippen LogP contribution < -0.4 is 5.32 Å². The number of amides is 1. The number of halogens is 3. The molecule has 0 spiro atoms. The summed E-state index contributed by atoms with van der Waals surface area (Å²) in [5.41, 5.74) is 0.888. The van der Waals surface area contributed by atoms with Gasteiger partial charge in [-0.05, 0) is 53.4 Å². The summed E-state index contributed by atoms with van der Waals surface area (Å²) in [5.74, 6) is -0.196. The highest BCUT2D eigenvalue weighted by molar-refractivity contribution is 5.90. The molecule has 6 heteroatoms. The summed E-state index contributed by atoms with van der Waals surface area (Å²) in [6, 6.07) is 19.6. The van der Waals surface area contributed by atoms with Crippen LogP contribution in [0.25, 0.3) is 10.8 Å². The van der Waals surface area contributed by atoms with Crippen molar-refractivity contribution in [2.24, 2.45) is 0 Å². The number of alkyl halides is 3. The summed E-state index contributed by atoms with van der Waals surface area (Å²) in [4.78, 5) is 14.7. The van der Waals surface area contributed by atoms with Gasteiger partial charge in [-0.1, -0.05) is 42.5 Å². The van der Waals surface area contributed by atoms with E-state index >= 15 is 0 Å². The van der Waals surface area contributed by atoms with Gasteiger partial charge in [0, 0.05) is 31.2 Å². The fourth-order valence-corrected chi connectivity index (χ4v) is 3.69. The second-order valence-corrected chi connectivity index (χ2v) is 7.71. The fraction of sp³-hybridized carbons (Fsp3) is 0.292. The molecule has 1 saturated carbocycles. The quantitative estimate of drug-likeness (QED) is 0.528. The standard InChI is InChI=1S/C24H23F3N2O/c25-24(26,27)19-8-10-20(11-9-19)28-23(30)14-15-29(21-12-13-21)16-18-6-3-5-17-4-1-2-7-22(17)18/h1-11,21H,12-16H2,(H,28,30). The number of benzene rings is 3. The summed E-state index contributed by atoms with van der Waals surface area (Å²) in [7, 11) is 0. The van der Waals surface area contributed by atoms with Gasteiger partial charge in [-0.25, -0.2) is 0 Å². The third-order valence-corrected chi connectivity index (χ3v) is 5.44. The molecular weight excluding hydrogens is 389 g/mol. The normalized spacial score (nSPS) is 14.3. The number of anilines is 1. The van der Waals surface area contributed by atoms with Gasteiger partial charge in [-0.3, -0.25) is 9.69 Å². The van der Waals surface area contributed by atoms with Crippen LogP contribution in [0.2, 0.25) is 0 Å². The van der Waals surface area contributed by atoms with E-state index in [2.05, 4.69) is 40.5 Å². The van der Waals surface area contributed by atoms with Gasteiger partial charge in [0.25, 0.3) is 0 Å². The van der Waals surface area contributed by atoms with Crippen LogP contribution in [-0.2, 0) is 17.5 Å². The van der Waals surface area contributed by atoms with Crippen molar-refractivity contribution in [3.63, 3.8) is 0 Å². The second-order valence-electron chi connectivity index (χ2n) is 7.71. The highest BCUT2D eigenvalue weighted by Crippen LogP contribution is 2.31. The molecule has 0 aromatic heterocycles. The van der Waals surface area contributed by atoms with E-state index in [9.17, 15) is 18.0 Å². The first-order valence-corrected chi connectivity index (χ1v) is 10.1. The molecule has 1 aliphatic rings. The minimum absolute atomic E-state index is 0.196. The van der Waals surface area contributed by atoms with Gasteiger partial charge in [0.05, 0.1) is 5.56 Å². The van der Waals surface area contributed by atoms with Crippen LogP contribution >= 0.6 is 0 Å². The fourth-order valence-electron chi connectivity index (χ4n) is 3.69. The minimum Gasteiger partial charge on any atom is -0.326 e. The van der Waals surface area contributed by atoms with Gasteiger partial charge in [-0.15, -0.1) is 0 Å². The molecule has 3 nitrogen and oxygen atoms in total. The Labute approximate surface area is 173 Å². The smallest absolute Gasteiger partial charge is 0.326 e. The first-order chi connectivity index (χ1) is 14.4. The molecule has 30 heavy (non-hydrogen) atoms. The Morgan fingerprint density at radius 1 is 0.967 bits per heavy atom. The number of nitrogens with zero attached hydrogens (tertiary/aromatic N) is 1. The summed E-state index contributed by atoms with van der Waals surface area (Å²) >= 11 is 0. The molecule has 0 unspecified atom stereocenters. The van der Waals surface area contributed by atoms with Crippen LogP contribution in [0.4, 0.5) is 18.9 Å². The molecule has 3 aromatic rings. The Morgan fingerprint density at radius 2 is 1.67 bits per heavy atom. The Kier molecular flexibility index (Phi) is 5.77. The molecule has 0 radical (unpaired) electrons. The van der Waals surface area contributed by atoms with Crippen molar-refractivity contribution in [3.8, 4) is 0 Å². The number of nitrogens with one attached hydrogen (secondary N) is 1. The van der Waals surface area contributed by atoms with Crippen molar-refractivity contribution >= 4 is 22.4 Å². The van der Waals surface area contributed by atoms with Crippen LogP contribution in [0.5, 0.6) is 0 Å². The number of fused-ring (bicyclic) bond motifs is 1. The number of rotatable bonds is 7. The highest BCUT2D eigenvalue weighted by Gasteiger charge is 2.30. The van der Waals surface area contributed by atoms with Crippen molar-refractivity contribution < 1.29 is 18.0 Å². The average Bonchev–Trinajstić information content (AvgIpc) is 3.56. The third-order valence-electron chi connectivity index (χ3n) is 5.44. The summed E-state index contributed by atoms with van der Waals surface area (Å²) < 4.78 is 38.0. The zero-order chi connectivity index (χ0) is 21.1. The molecule has 0 saturated heterocycles. The SMILES string of the molecule is O=C(CCN(Cc1cccc2ccccc12)C1CC1)Nc1ccc(C(F)(F)F)cc1. The third kappa shape index (κ3) is 5.00. The topological polar surface area (TPSA) is 32.3 Å². The molecule has 0 bridgehead atoms. The van der Waals surface area contributed by atoms with Crippen LogP contribution in [0.1, 0.15) is 30.4 Å². The lowest BCUT2D eigenvalue weighted by atomic mass is 10.0. The van der Waals surface area contributed by atoms with Crippen molar-refractivity contribution in [2.75, 3.05) is 11.9 Å². The maximum Gasteiger partial charge on any atom is 0.416 e. The number of carbonyl (C=O) groups is 1. The first kappa shape index (κ1) is 20.4. The van der Waals surface area contributed by atoms with Gasteiger partial charge in [0.2, 0.25) is 5.91 Å². The average molecular weight is 412 g/mol. The van der Waals surface area contributed by atoms with E-state index in [0.29, 0.717) is 24.7 Å². The van der Waals surface area contributed by atoms with E-state index in [0.717, 1.165) is 31.5 Å². The van der Waals surface area contributed by atoms with E-state index < -0.39 is 11.7 Å². The second kappa shape index (κ2) is 8.48. The molecule has 0 aliphatic heterocycles. The van der Waals surface area contributed by atoms with Gasteiger partial charge >= 0.3 is 6.18 Å². The first-order valence-electron chi connectivity index (χ1n) is 10.1. The Hall–Kier alpha value is -2.86. The zero-order valence-electron chi connectivity index (χ0n) is 16.5. The zero-order valence-corrected chi connectivity index (χ0v) is 16.5. The monoisotopic (exact) mass is 412 g/mol. The summed E-state index contributed by atoms with van der Waals surface area (Å²) in [5, 5.41) is 5.12. The molecular formula is C24H23F3N2O. The molecule has 156 valence electrons. The van der Waals surface area contributed by atoms with E-state index in [1.807, 2.05) is 12.1 Å². The van der Waals surface area contributed by atoms with Gasteiger partial charge < -0.3 is 5.32 Å². The van der Waals surface area contributed by atoms with Crippen LogP contribution in [0, 0.1) is 0 Å². The van der Waals surface area contributed by atoms with Crippen LogP contribution in [0.3, 0.4) is 0 Å². The maximum atomic E-state index is 12.7. The molecule has 1 fully saturated rings. The molecule has 4 rings (SSSR count). The van der Waals surface area contributed by atoms with Crippen molar-refractivity contribution in [1.82, 2.24) is 4.90 Å². The van der Waals surface area contributed by atoms with Gasteiger partial charge in [0.1, 0.15) is 0 Å². The number of hydrogen-bond donors (Lipinski definition) is 1. The lowest BCUT2D eigenvalue weighted by molar-refractivity contribution is -0.137. The van der Waals surface area contributed by atoms with Gasteiger partial charge in [0.15, 0.2) is 0 Å². The van der Waals surface area contributed by atoms with Crippen LogP contribution in [-0.4, -0.2) is 23.4 Å². The Balaban J connectivity index is 1.37. The summed E-state index contributed by atoms with van der Waals surface area (Å²) in [6.45, 7) is 1.39. The lowest BCUT2D eigenvalue weighted by Crippen LogP contribution is -2.29. The van der Waals surface area contributed by atoms with Crippen molar-refractivity contribution in [3.05, 3.63) is 77.9 Å². The largest absolute Gasteiger partial charge is 0.416 e. The van der Waals surface area contributed by atoms with Crippen molar-refractivity contribution in [2.45, 2.75) is 38.0 Å². The minimum atomic E-state index is -4.38. The molecule has 3 aromatic carbocycles. The molecule has 1 amide bonds. The van der Waals surface area contributed by atoms with E-state index in [-0.39, 0.29) is 5.91 Å². The maximum absolute atomic E-state index is 12.7. The predicted molar refractivity (Wildman–Crippen MR) is 112 cm³/mol. The van der Waals surface area contributed by atoms with Crippen LogP contribution in [0.15, 0.2) is 66.7 Å². The van der Waals surface area contributed by atoms with E-state index in [4.69, 9.17) is 0 Å². The number of carbonyl (C=O) groups excluding carboxylic acids is 1. The molecule has 0 heterocycles. The van der Waals surface area contributed by atoms with Crippen molar-refractivity contribution in [1.29, 1.82) is 0 Å². The Bertz CT molecular complexity index is 1020. The Morgan fingerprint density at radius 3 is 2.37 bits per heavy atom.